The van der Waals surface area contributed by atoms with Crippen LogP contribution in [0.25, 0.3) is 0 Å². The number of thiocarbonyl (C=S) groups is 1. The Kier molecular flexibility index (Phi) is 5.95. The quantitative estimate of drug-likeness (QED) is 0.289. The highest BCUT2D eigenvalue weighted by atomic mass is 127. The number of hydrazone groups is 1. The molecule has 0 spiro atoms. The summed E-state index contributed by atoms with van der Waals surface area (Å²) in [4.78, 5) is 0. The Morgan fingerprint density at radius 1 is 1.17 bits per heavy atom. The lowest BCUT2D eigenvalue weighted by atomic mass is 10.1. The molecule has 120 valence electrons. The fraction of sp³-hybridized carbons (Fsp3) is 0.176. The molecule has 0 aliphatic carbocycles. The highest BCUT2D eigenvalue weighted by Crippen LogP contribution is 2.19. The van der Waals surface area contributed by atoms with Gasteiger partial charge in [0.05, 0.1) is 5.71 Å². The summed E-state index contributed by atoms with van der Waals surface area (Å²) < 4.78 is 1.13. The molecule has 2 rings (SSSR count). The molecular weight excluding hydrogens is 421 g/mol. The van der Waals surface area contributed by atoms with Crippen molar-refractivity contribution in [1.82, 2.24) is 5.43 Å². The standard InChI is InChI=1S/C17H18IN3OS/c1-10-4-7-16(22)14(8-10)12(3)20-21-17(23)19-15-9-13(18)6-5-11(15)2/h4-9,22H,1-3H3,(H2,19,21,23)/b20-12-. The topological polar surface area (TPSA) is 56.7 Å². The van der Waals surface area contributed by atoms with Crippen molar-refractivity contribution in [3.8, 4) is 5.75 Å². The summed E-state index contributed by atoms with van der Waals surface area (Å²) in [5.41, 5.74) is 7.27. The van der Waals surface area contributed by atoms with Crippen molar-refractivity contribution in [2.45, 2.75) is 20.8 Å². The van der Waals surface area contributed by atoms with E-state index in [1.54, 1.807) is 6.07 Å². The van der Waals surface area contributed by atoms with Crippen LogP contribution in [0.2, 0.25) is 0 Å². The molecule has 0 atom stereocenters. The van der Waals surface area contributed by atoms with Gasteiger partial charge in [-0.25, -0.2) is 0 Å². The van der Waals surface area contributed by atoms with E-state index in [4.69, 9.17) is 12.2 Å². The molecule has 0 aliphatic rings. The Balaban J connectivity index is 2.08. The van der Waals surface area contributed by atoms with Crippen LogP contribution in [0.15, 0.2) is 41.5 Å². The number of halogens is 1. The molecule has 0 unspecified atom stereocenters. The number of aryl methyl sites for hydroxylation is 2. The summed E-state index contributed by atoms with van der Waals surface area (Å²) in [6, 6.07) is 11.5. The van der Waals surface area contributed by atoms with Crippen molar-refractivity contribution in [3.05, 3.63) is 56.7 Å². The SMILES string of the molecule is C/C(=N/NC(=S)Nc1cc(I)ccc1C)c1cc(C)ccc1O. The number of hydrogen-bond donors (Lipinski definition) is 3. The third-order valence-corrected chi connectivity index (χ3v) is 4.18. The molecule has 0 aliphatic heterocycles. The van der Waals surface area contributed by atoms with Crippen LogP contribution in [0.3, 0.4) is 0 Å². The van der Waals surface area contributed by atoms with Crippen molar-refractivity contribution in [1.29, 1.82) is 0 Å². The van der Waals surface area contributed by atoms with Crippen molar-refractivity contribution < 1.29 is 5.11 Å². The third kappa shape index (κ3) is 4.90. The van der Waals surface area contributed by atoms with Gasteiger partial charge in [0.1, 0.15) is 5.75 Å². The van der Waals surface area contributed by atoms with Gasteiger partial charge in [-0.05, 0) is 85.4 Å². The Morgan fingerprint density at radius 2 is 1.91 bits per heavy atom. The maximum Gasteiger partial charge on any atom is 0.191 e. The number of hydrogen-bond acceptors (Lipinski definition) is 3. The second kappa shape index (κ2) is 7.74. The van der Waals surface area contributed by atoms with Crippen LogP contribution in [0.1, 0.15) is 23.6 Å². The molecule has 0 amide bonds. The van der Waals surface area contributed by atoms with Gasteiger partial charge in [0.25, 0.3) is 0 Å². The van der Waals surface area contributed by atoms with Crippen LogP contribution in [0.4, 0.5) is 5.69 Å². The number of aromatic hydroxyl groups is 1. The van der Waals surface area contributed by atoms with Crippen molar-refractivity contribution in [2.75, 3.05) is 5.32 Å². The number of nitrogens with zero attached hydrogens (tertiary/aromatic N) is 1. The van der Waals surface area contributed by atoms with E-state index in [9.17, 15) is 5.11 Å². The fourth-order valence-electron chi connectivity index (χ4n) is 2.01. The van der Waals surface area contributed by atoms with E-state index in [1.807, 2.05) is 51.1 Å². The number of benzene rings is 2. The average Bonchev–Trinajstić information content (AvgIpc) is 2.51. The second-order valence-corrected chi connectivity index (χ2v) is 6.90. The molecule has 0 radical (unpaired) electrons. The van der Waals surface area contributed by atoms with Gasteiger partial charge in [0.15, 0.2) is 5.11 Å². The van der Waals surface area contributed by atoms with E-state index in [0.29, 0.717) is 16.4 Å². The lowest BCUT2D eigenvalue weighted by Gasteiger charge is -2.11. The van der Waals surface area contributed by atoms with Crippen LogP contribution in [0, 0.1) is 17.4 Å². The smallest absolute Gasteiger partial charge is 0.191 e. The molecular formula is C17H18IN3OS. The summed E-state index contributed by atoms with van der Waals surface area (Å²) in [6.07, 6.45) is 0. The highest BCUT2D eigenvalue weighted by Gasteiger charge is 2.06. The monoisotopic (exact) mass is 439 g/mol. The first-order valence-electron chi connectivity index (χ1n) is 7.04. The Morgan fingerprint density at radius 3 is 2.65 bits per heavy atom. The van der Waals surface area contributed by atoms with E-state index in [-0.39, 0.29) is 5.75 Å². The van der Waals surface area contributed by atoms with E-state index in [1.165, 1.54) is 0 Å². The van der Waals surface area contributed by atoms with Gasteiger partial charge < -0.3 is 10.4 Å². The van der Waals surface area contributed by atoms with E-state index < -0.39 is 0 Å². The molecule has 0 saturated carbocycles. The van der Waals surface area contributed by atoms with Gasteiger partial charge in [-0.3, -0.25) is 5.43 Å². The summed E-state index contributed by atoms with van der Waals surface area (Å²) in [5.74, 6) is 0.200. The zero-order chi connectivity index (χ0) is 17.0. The molecule has 0 fully saturated rings. The van der Waals surface area contributed by atoms with Crippen molar-refractivity contribution in [3.63, 3.8) is 0 Å². The number of phenolic OH excluding ortho intramolecular Hbond substituents is 1. The summed E-state index contributed by atoms with van der Waals surface area (Å²) in [7, 11) is 0. The van der Waals surface area contributed by atoms with Crippen molar-refractivity contribution in [2.24, 2.45) is 5.10 Å². The summed E-state index contributed by atoms with van der Waals surface area (Å²) in [5, 5.41) is 17.7. The molecule has 2 aromatic rings. The molecule has 3 N–H and O–H groups in total. The third-order valence-electron chi connectivity index (χ3n) is 3.31. The predicted molar refractivity (Wildman–Crippen MR) is 108 cm³/mol. The fourth-order valence-corrected chi connectivity index (χ4v) is 2.66. The van der Waals surface area contributed by atoms with E-state index in [0.717, 1.165) is 20.4 Å². The van der Waals surface area contributed by atoms with Gasteiger partial charge in [-0.2, -0.15) is 5.10 Å². The lowest BCUT2D eigenvalue weighted by Crippen LogP contribution is -2.25. The van der Waals surface area contributed by atoms with Crippen LogP contribution in [-0.4, -0.2) is 15.9 Å². The average molecular weight is 439 g/mol. The Bertz CT molecular complexity index is 774. The predicted octanol–water partition coefficient (Wildman–Crippen LogP) is 4.32. The molecule has 0 heterocycles. The molecule has 2 aromatic carbocycles. The minimum Gasteiger partial charge on any atom is -0.507 e. The summed E-state index contributed by atoms with van der Waals surface area (Å²) in [6.45, 7) is 5.80. The van der Waals surface area contributed by atoms with Crippen LogP contribution in [-0.2, 0) is 0 Å². The molecule has 0 aromatic heterocycles. The number of phenols is 1. The molecule has 0 bridgehead atoms. The number of nitrogens with one attached hydrogen (secondary N) is 2. The lowest BCUT2D eigenvalue weighted by molar-refractivity contribution is 0.474. The first-order valence-corrected chi connectivity index (χ1v) is 8.53. The van der Waals surface area contributed by atoms with Gasteiger partial charge in [-0.1, -0.05) is 17.7 Å². The van der Waals surface area contributed by atoms with Gasteiger partial charge in [0.2, 0.25) is 0 Å². The maximum absolute atomic E-state index is 9.91. The highest BCUT2D eigenvalue weighted by molar-refractivity contribution is 14.1. The van der Waals surface area contributed by atoms with Gasteiger partial charge in [-0.15, -0.1) is 0 Å². The largest absolute Gasteiger partial charge is 0.507 e. The first kappa shape index (κ1) is 17.7. The van der Waals surface area contributed by atoms with E-state index in [2.05, 4.69) is 38.4 Å². The maximum atomic E-state index is 9.91. The minimum atomic E-state index is 0.200. The normalized spacial score (nSPS) is 11.2. The molecule has 4 nitrogen and oxygen atoms in total. The Labute approximate surface area is 155 Å². The van der Waals surface area contributed by atoms with Crippen molar-refractivity contribution >= 4 is 51.3 Å². The zero-order valence-corrected chi connectivity index (χ0v) is 16.1. The van der Waals surface area contributed by atoms with E-state index >= 15 is 0 Å². The number of anilines is 1. The van der Waals surface area contributed by atoms with Crippen LogP contribution in [0.5, 0.6) is 5.75 Å². The molecule has 23 heavy (non-hydrogen) atoms. The minimum absolute atomic E-state index is 0.200. The van der Waals surface area contributed by atoms with Gasteiger partial charge >= 0.3 is 0 Å². The number of rotatable bonds is 3. The molecule has 0 saturated heterocycles. The van der Waals surface area contributed by atoms with Crippen LogP contribution < -0.4 is 10.7 Å². The summed E-state index contributed by atoms with van der Waals surface area (Å²) >= 11 is 7.53. The zero-order valence-electron chi connectivity index (χ0n) is 13.1. The van der Waals surface area contributed by atoms with Crippen LogP contribution >= 0.6 is 34.8 Å². The molecule has 6 heteroatoms. The van der Waals surface area contributed by atoms with Gasteiger partial charge in [0, 0.05) is 14.8 Å². The first-order chi connectivity index (χ1) is 10.9. The second-order valence-electron chi connectivity index (χ2n) is 5.24. The Hall–Kier alpha value is -1.67.